The summed E-state index contributed by atoms with van der Waals surface area (Å²) in [5, 5.41) is 21.2. The number of nitriles is 1. The van der Waals surface area contributed by atoms with E-state index in [2.05, 4.69) is 21.6 Å². The van der Waals surface area contributed by atoms with Gasteiger partial charge in [-0.3, -0.25) is 18.6 Å². The molecule has 3 rings (SSSR count). The van der Waals surface area contributed by atoms with Gasteiger partial charge in [0.1, 0.15) is 0 Å². The van der Waals surface area contributed by atoms with Crippen molar-refractivity contribution in [3.63, 3.8) is 0 Å². The number of carbonyl (C=O) groups is 1. The predicted octanol–water partition coefficient (Wildman–Crippen LogP) is 2.60. The average molecular weight is 398 g/mol. The number of rotatable bonds is 7. The summed E-state index contributed by atoms with van der Waals surface area (Å²) in [5.74, 6) is 0.435. The molecule has 2 heterocycles. The van der Waals surface area contributed by atoms with Crippen LogP contribution in [0.25, 0.3) is 16.7 Å². The molecule has 0 saturated heterocycles. The number of fused-ring (bicyclic) bond motifs is 3. The van der Waals surface area contributed by atoms with Gasteiger partial charge in [0.25, 0.3) is 11.5 Å². The first kappa shape index (κ1) is 19.9. The third-order valence-corrected chi connectivity index (χ3v) is 5.33. The normalized spacial score (nSPS) is 12.2. The van der Waals surface area contributed by atoms with Crippen LogP contribution in [-0.2, 0) is 6.54 Å². The van der Waals surface area contributed by atoms with Crippen molar-refractivity contribution in [1.29, 1.82) is 5.26 Å². The molecule has 0 radical (unpaired) electrons. The van der Waals surface area contributed by atoms with Crippen LogP contribution in [0.4, 0.5) is 0 Å². The van der Waals surface area contributed by atoms with Crippen molar-refractivity contribution in [2.45, 2.75) is 51.4 Å². The van der Waals surface area contributed by atoms with E-state index in [0.717, 1.165) is 12.8 Å². The van der Waals surface area contributed by atoms with Gasteiger partial charge in [0, 0.05) is 18.2 Å². The summed E-state index contributed by atoms with van der Waals surface area (Å²) in [4.78, 5) is 25.5. The lowest BCUT2D eigenvalue weighted by molar-refractivity contribution is 0.0939. The Morgan fingerprint density at radius 2 is 2.14 bits per heavy atom. The molecule has 28 heavy (non-hydrogen) atoms. The molecule has 0 spiro atoms. The fourth-order valence-electron chi connectivity index (χ4n) is 2.95. The molecule has 0 aliphatic carbocycles. The summed E-state index contributed by atoms with van der Waals surface area (Å²) in [7, 11) is 0. The summed E-state index contributed by atoms with van der Waals surface area (Å²) in [6.45, 7) is 6.44. The largest absolute Gasteiger partial charge is 0.350 e. The molecule has 146 valence electrons. The fraction of sp³-hybridized carbons (Fsp3) is 0.421. The zero-order valence-corrected chi connectivity index (χ0v) is 16.9. The molecule has 0 bridgehead atoms. The zero-order chi connectivity index (χ0) is 20.3. The Labute approximate surface area is 166 Å². The number of thioether (sulfide) groups is 1. The number of amides is 1. The second-order valence-corrected chi connectivity index (χ2v) is 7.48. The number of nitrogens with one attached hydrogen (secondary N) is 1. The van der Waals surface area contributed by atoms with Gasteiger partial charge in [0.15, 0.2) is 5.16 Å². The van der Waals surface area contributed by atoms with Crippen LogP contribution in [0.2, 0.25) is 0 Å². The maximum atomic E-state index is 13.0. The lowest BCUT2D eigenvalue weighted by atomic mass is 10.1. The van der Waals surface area contributed by atoms with Crippen molar-refractivity contribution < 1.29 is 4.79 Å². The molecule has 0 aliphatic rings. The Kier molecular flexibility index (Phi) is 5.99. The van der Waals surface area contributed by atoms with Gasteiger partial charge in [-0.05, 0) is 38.0 Å². The Hall–Kier alpha value is -2.86. The van der Waals surface area contributed by atoms with E-state index in [0.29, 0.717) is 33.9 Å². The number of benzene rings is 1. The Morgan fingerprint density at radius 3 is 2.82 bits per heavy atom. The van der Waals surface area contributed by atoms with Gasteiger partial charge in [0.05, 0.1) is 22.7 Å². The maximum Gasteiger partial charge on any atom is 0.262 e. The summed E-state index contributed by atoms with van der Waals surface area (Å²) in [5.41, 5.74) is 0.865. The van der Waals surface area contributed by atoms with Crippen molar-refractivity contribution in [2.75, 3.05) is 5.75 Å². The lowest BCUT2D eigenvalue weighted by Crippen LogP contribution is -2.32. The summed E-state index contributed by atoms with van der Waals surface area (Å²) in [6.07, 6.45) is 1.59. The van der Waals surface area contributed by atoms with Crippen LogP contribution in [0.1, 0.15) is 44.0 Å². The lowest BCUT2D eigenvalue weighted by Gasteiger charge is -2.13. The van der Waals surface area contributed by atoms with E-state index in [9.17, 15) is 9.59 Å². The van der Waals surface area contributed by atoms with Crippen molar-refractivity contribution in [2.24, 2.45) is 0 Å². The van der Waals surface area contributed by atoms with Gasteiger partial charge in [-0.2, -0.15) is 5.26 Å². The molecule has 1 atom stereocenters. The number of hydrogen-bond donors (Lipinski definition) is 1. The minimum Gasteiger partial charge on any atom is -0.350 e. The smallest absolute Gasteiger partial charge is 0.262 e. The molecule has 0 saturated carbocycles. The topological polar surface area (TPSA) is 105 Å². The average Bonchev–Trinajstić information content (AvgIpc) is 3.12. The van der Waals surface area contributed by atoms with Crippen molar-refractivity contribution in [3.05, 3.63) is 34.1 Å². The zero-order valence-electron chi connectivity index (χ0n) is 16.1. The summed E-state index contributed by atoms with van der Waals surface area (Å²) in [6, 6.07) is 7.16. The molecule has 8 nitrogen and oxygen atoms in total. The van der Waals surface area contributed by atoms with Crippen LogP contribution >= 0.6 is 11.8 Å². The van der Waals surface area contributed by atoms with E-state index in [4.69, 9.17) is 5.26 Å². The Morgan fingerprint density at radius 1 is 1.36 bits per heavy atom. The van der Waals surface area contributed by atoms with Gasteiger partial charge in [-0.25, -0.2) is 0 Å². The summed E-state index contributed by atoms with van der Waals surface area (Å²) >= 11 is 1.24. The monoisotopic (exact) mass is 398 g/mol. The molecule has 1 N–H and O–H groups in total. The van der Waals surface area contributed by atoms with Gasteiger partial charge < -0.3 is 5.32 Å². The van der Waals surface area contributed by atoms with Crippen LogP contribution in [0, 0.1) is 11.3 Å². The van der Waals surface area contributed by atoms with Gasteiger partial charge in [0.2, 0.25) is 5.78 Å². The minimum atomic E-state index is -0.193. The first-order valence-corrected chi connectivity index (χ1v) is 10.2. The SMILES string of the molecule is CCCn1c(=O)c2ccc(C(=O)NC(C)CC)cc2n2c(SCC#N)nnc12. The first-order valence-electron chi connectivity index (χ1n) is 9.24. The van der Waals surface area contributed by atoms with E-state index >= 15 is 0 Å². The van der Waals surface area contributed by atoms with Crippen molar-refractivity contribution in [3.8, 4) is 6.07 Å². The molecule has 2 aromatic heterocycles. The molecule has 3 aromatic rings. The van der Waals surface area contributed by atoms with E-state index in [1.807, 2.05) is 20.8 Å². The highest BCUT2D eigenvalue weighted by Gasteiger charge is 2.18. The van der Waals surface area contributed by atoms with Gasteiger partial charge in [-0.1, -0.05) is 25.6 Å². The van der Waals surface area contributed by atoms with Crippen LogP contribution < -0.4 is 10.9 Å². The van der Waals surface area contributed by atoms with Gasteiger partial charge in [-0.15, -0.1) is 10.2 Å². The number of aromatic nitrogens is 4. The second kappa shape index (κ2) is 8.44. The molecule has 0 fully saturated rings. The molecule has 9 heteroatoms. The third-order valence-electron chi connectivity index (χ3n) is 4.54. The molecule has 1 unspecified atom stereocenters. The Balaban J connectivity index is 2.26. The highest BCUT2D eigenvalue weighted by atomic mass is 32.2. The van der Waals surface area contributed by atoms with E-state index < -0.39 is 0 Å². The van der Waals surface area contributed by atoms with Crippen molar-refractivity contribution >= 4 is 34.3 Å². The molecule has 1 aromatic carbocycles. The Bertz CT molecular complexity index is 1130. The van der Waals surface area contributed by atoms with Crippen LogP contribution in [-0.4, -0.2) is 36.9 Å². The van der Waals surface area contributed by atoms with E-state index in [1.165, 1.54) is 11.8 Å². The molecular formula is C19H22N6O2S. The standard InChI is InChI=1S/C19H22N6O2S/c1-4-9-24-17(27)14-7-6-13(16(26)21-12(3)5-2)11-15(14)25-18(24)22-23-19(25)28-10-8-20/h6-7,11-12H,4-5,9-10H2,1-3H3,(H,21,26). The van der Waals surface area contributed by atoms with Crippen molar-refractivity contribution in [1.82, 2.24) is 24.5 Å². The molecule has 1 amide bonds. The summed E-state index contributed by atoms with van der Waals surface area (Å²) < 4.78 is 3.35. The number of aryl methyl sites for hydroxylation is 1. The second-order valence-electron chi connectivity index (χ2n) is 6.54. The molecular weight excluding hydrogens is 376 g/mol. The van der Waals surface area contributed by atoms with Crippen LogP contribution in [0.15, 0.2) is 28.2 Å². The highest BCUT2D eigenvalue weighted by Crippen LogP contribution is 2.22. The van der Waals surface area contributed by atoms with Crippen LogP contribution in [0.3, 0.4) is 0 Å². The minimum absolute atomic E-state index is 0.0532. The first-order chi connectivity index (χ1) is 13.5. The maximum absolute atomic E-state index is 13.0. The van der Waals surface area contributed by atoms with Gasteiger partial charge >= 0.3 is 0 Å². The quantitative estimate of drug-likeness (QED) is 0.613. The number of nitrogens with zero attached hydrogens (tertiary/aromatic N) is 5. The van der Waals surface area contributed by atoms with Crippen LogP contribution in [0.5, 0.6) is 0 Å². The predicted molar refractivity (Wildman–Crippen MR) is 109 cm³/mol. The van der Waals surface area contributed by atoms with E-state index in [-0.39, 0.29) is 23.3 Å². The number of carbonyl (C=O) groups excluding carboxylic acids is 1. The fourth-order valence-corrected chi connectivity index (χ4v) is 3.55. The molecule has 0 aliphatic heterocycles. The van der Waals surface area contributed by atoms with E-state index in [1.54, 1.807) is 27.2 Å². The highest BCUT2D eigenvalue weighted by molar-refractivity contribution is 7.99. The third kappa shape index (κ3) is 3.60. The number of hydrogen-bond acceptors (Lipinski definition) is 6.